The average Bonchev–Trinajstić information content (AvgIpc) is 2.60. The number of H-pyrrole nitrogens is 1. The first-order chi connectivity index (χ1) is 7.20. The van der Waals surface area contributed by atoms with Gasteiger partial charge in [-0.2, -0.15) is 0 Å². The number of ether oxygens (including phenoxy) is 1. The number of hydrogen-bond donors (Lipinski definition) is 2. The van der Waals surface area contributed by atoms with Gasteiger partial charge in [0, 0.05) is 23.2 Å². The summed E-state index contributed by atoms with van der Waals surface area (Å²) in [4.78, 5) is 13.6. The molecule has 2 aromatic rings. The van der Waals surface area contributed by atoms with Crippen LogP contribution in [0, 0.1) is 0 Å². The summed E-state index contributed by atoms with van der Waals surface area (Å²) in [6.45, 7) is 0. The maximum Gasteiger partial charge on any atom is 0.307 e. The summed E-state index contributed by atoms with van der Waals surface area (Å²) >= 11 is 0. The van der Waals surface area contributed by atoms with Crippen LogP contribution in [0.2, 0.25) is 0 Å². The highest BCUT2D eigenvalue weighted by atomic mass is 16.5. The lowest BCUT2D eigenvalue weighted by Crippen LogP contribution is -1.98. The molecule has 78 valence electrons. The predicted molar refractivity (Wildman–Crippen MR) is 56.2 cm³/mol. The first kappa shape index (κ1) is 9.58. The highest BCUT2D eigenvalue weighted by Gasteiger charge is 2.07. The Hall–Kier alpha value is -1.97. The molecule has 0 aliphatic heterocycles. The van der Waals surface area contributed by atoms with E-state index in [1.165, 1.54) is 0 Å². The summed E-state index contributed by atoms with van der Waals surface area (Å²) in [5, 5.41) is 9.64. The van der Waals surface area contributed by atoms with Crippen molar-refractivity contribution in [2.75, 3.05) is 7.11 Å². The number of hydrogen-bond acceptors (Lipinski definition) is 2. The van der Waals surface area contributed by atoms with E-state index in [-0.39, 0.29) is 6.42 Å². The Morgan fingerprint density at radius 2 is 2.33 bits per heavy atom. The van der Waals surface area contributed by atoms with Crippen LogP contribution in [0.3, 0.4) is 0 Å². The van der Waals surface area contributed by atoms with Crippen molar-refractivity contribution in [3.05, 3.63) is 30.0 Å². The van der Waals surface area contributed by atoms with Gasteiger partial charge >= 0.3 is 5.97 Å². The van der Waals surface area contributed by atoms with E-state index in [9.17, 15) is 4.79 Å². The number of methoxy groups -OCH3 is 1. The lowest BCUT2D eigenvalue weighted by atomic mass is 10.1. The van der Waals surface area contributed by atoms with Crippen LogP contribution in [0.1, 0.15) is 5.56 Å². The van der Waals surface area contributed by atoms with Gasteiger partial charge in [-0.05, 0) is 17.7 Å². The molecule has 1 aromatic carbocycles. The number of rotatable bonds is 3. The van der Waals surface area contributed by atoms with E-state index in [1.54, 1.807) is 13.3 Å². The van der Waals surface area contributed by atoms with E-state index in [1.807, 2.05) is 18.2 Å². The van der Waals surface area contributed by atoms with E-state index in [4.69, 9.17) is 9.84 Å². The van der Waals surface area contributed by atoms with Crippen LogP contribution in [0.4, 0.5) is 0 Å². The van der Waals surface area contributed by atoms with Crippen LogP contribution in [0.5, 0.6) is 5.75 Å². The van der Waals surface area contributed by atoms with Crippen LogP contribution >= 0.6 is 0 Å². The van der Waals surface area contributed by atoms with E-state index in [0.717, 1.165) is 22.2 Å². The fourth-order valence-corrected chi connectivity index (χ4v) is 1.60. The molecule has 0 bridgehead atoms. The molecular weight excluding hydrogens is 194 g/mol. The third kappa shape index (κ3) is 1.79. The van der Waals surface area contributed by atoms with Gasteiger partial charge in [-0.1, -0.05) is 0 Å². The highest BCUT2D eigenvalue weighted by molar-refractivity contribution is 5.87. The molecule has 0 unspecified atom stereocenters. The van der Waals surface area contributed by atoms with Gasteiger partial charge in [0.1, 0.15) is 5.75 Å². The topological polar surface area (TPSA) is 62.3 Å². The van der Waals surface area contributed by atoms with Crippen LogP contribution in [-0.4, -0.2) is 23.2 Å². The Balaban J connectivity index is 2.47. The van der Waals surface area contributed by atoms with E-state index < -0.39 is 5.97 Å². The molecule has 4 heteroatoms. The summed E-state index contributed by atoms with van der Waals surface area (Å²) in [7, 11) is 1.60. The van der Waals surface area contributed by atoms with Gasteiger partial charge < -0.3 is 14.8 Å². The fourth-order valence-electron chi connectivity index (χ4n) is 1.60. The summed E-state index contributed by atoms with van der Waals surface area (Å²) in [5.74, 6) is -0.0713. The molecule has 0 fully saturated rings. The van der Waals surface area contributed by atoms with Crippen LogP contribution in [-0.2, 0) is 11.2 Å². The zero-order valence-electron chi connectivity index (χ0n) is 8.28. The van der Waals surface area contributed by atoms with Crippen molar-refractivity contribution >= 4 is 16.9 Å². The second kappa shape index (κ2) is 3.65. The number of aromatic nitrogens is 1. The number of benzene rings is 1. The van der Waals surface area contributed by atoms with Crippen molar-refractivity contribution in [1.82, 2.24) is 4.98 Å². The molecule has 0 aliphatic carbocycles. The minimum atomic E-state index is -0.827. The Kier molecular flexibility index (Phi) is 2.33. The van der Waals surface area contributed by atoms with Crippen molar-refractivity contribution in [1.29, 1.82) is 0 Å². The van der Waals surface area contributed by atoms with Gasteiger partial charge in [-0.3, -0.25) is 4.79 Å². The standard InChI is InChI=1S/C11H11NO3/c1-15-8-2-3-9-7(4-11(13)14)6-12-10(9)5-8/h2-3,5-6,12H,4H2,1H3,(H,13,14). The normalized spacial score (nSPS) is 10.5. The van der Waals surface area contributed by atoms with Crippen molar-refractivity contribution in [2.45, 2.75) is 6.42 Å². The number of fused-ring (bicyclic) bond motifs is 1. The largest absolute Gasteiger partial charge is 0.497 e. The molecule has 0 atom stereocenters. The minimum absolute atomic E-state index is 0.0341. The summed E-state index contributed by atoms with van der Waals surface area (Å²) in [5.41, 5.74) is 1.69. The second-order valence-corrected chi connectivity index (χ2v) is 3.30. The monoisotopic (exact) mass is 205 g/mol. The number of carboxylic acid groups (broad SMARTS) is 1. The van der Waals surface area contributed by atoms with Gasteiger partial charge in [-0.15, -0.1) is 0 Å². The number of carbonyl (C=O) groups is 1. The van der Waals surface area contributed by atoms with Crippen LogP contribution in [0.25, 0.3) is 10.9 Å². The van der Waals surface area contributed by atoms with Crippen LogP contribution in [0.15, 0.2) is 24.4 Å². The number of carboxylic acids is 1. The number of nitrogens with one attached hydrogen (secondary N) is 1. The Bertz CT molecular complexity index is 502. The molecule has 0 saturated heterocycles. The van der Waals surface area contributed by atoms with Gasteiger partial charge in [0.25, 0.3) is 0 Å². The Labute approximate surface area is 86.5 Å². The highest BCUT2D eigenvalue weighted by Crippen LogP contribution is 2.23. The molecule has 0 spiro atoms. The molecule has 0 aliphatic rings. The van der Waals surface area contributed by atoms with E-state index in [2.05, 4.69) is 4.98 Å². The summed E-state index contributed by atoms with van der Waals surface area (Å²) in [6.07, 6.45) is 1.75. The second-order valence-electron chi connectivity index (χ2n) is 3.30. The lowest BCUT2D eigenvalue weighted by Gasteiger charge is -1.99. The first-order valence-corrected chi connectivity index (χ1v) is 4.56. The Morgan fingerprint density at radius 3 is 3.00 bits per heavy atom. The first-order valence-electron chi connectivity index (χ1n) is 4.56. The quantitative estimate of drug-likeness (QED) is 0.803. The van der Waals surface area contributed by atoms with Gasteiger partial charge in [-0.25, -0.2) is 0 Å². The predicted octanol–water partition coefficient (Wildman–Crippen LogP) is 1.80. The molecule has 1 aromatic heterocycles. The maximum atomic E-state index is 10.6. The zero-order valence-corrected chi connectivity index (χ0v) is 8.28. The number of aliphatic carboxylic acids is 1. The van der Waals surface area contributed by atoms with Gasteiger partial charge in [0.05, 0.1) is 13.5 Å². The third-order valence-corrected chi connectivity index (χ3v) is 2.32. The van der Waals surface area contributed by atoms with E-state index >= 15 is 0 Å². The molecule has 0 saturated carbocycles. The SMILES string of the molecule is COc1ccc2c(CC(=O)O)c[nH]c2c1. The van der Waals surface area contributed by atoms with Crippen molar-refractivity contribution in [2.24, 2.45) is 0 Å². The lowest BCUT2D eigenvalue weighted by molar-refractivity contribution is -0.136. The maximum absolute atomic E-state index is 10.6. The molecule has 15 heavy (non-hydrogen) atoms. The van der Waals surface area contributed by atoms with E-state index in [0.29, 0.717) is 0 Å². The Morgan fingerprint density at radius 1 is 1.53 bits per heavy atom. The average molecular weight is 205 g/mol. The molecule has 1 heterocycles. The fraction of sp³-hybridized carbons (Fsp3) is 0.182. The zero-order chi connectivity index (χ0) is 10.8. The molecule has 2 N–H and O–H groups in total. The van der Waals surface area contributed by atoms with Gasteiger partial charge in [0.2, 0.25) is 0 Å². The minimum Gasteiger partial charge on any atom is -0.497 e. The molecule has 2 rings (SSSR count). The molecule has 4 nitrogen and oxygen atoms in total. The smallest absolute Gasteiger partial charge is 0.307 e. The van der Waals surface area contributed by atoms with Gasteiger partial charge in [0.15, 0.2) is 0 Å². The van der Waals surface area contributed by atoms with Crippen molar-refractivity contribution in [3.8, 4) is 5.75 Å². The van der Waals surface area contributed by atoms with Crippen molar-refractivity contribution < 1.29 is 14.6 Å². The number of aromatic amines is 1. The molecular formula is C11H11NO3. The molecule has 0 radical (unpaired) electrons. The van der Waals surface area contributed by atoms with Crippen LogP contribution < -0.4 is 4.74 Å². The summed E-state index contributed by atoms with van der Waals surface area (Å²) in [6, 6.07) is 5.53. The van der Waals surface area contributed by atoms with Crippen molar-refractivity contribution in [3.63, 3.8) is 0 Å². The summed E-state index contributed by atoms with van der Waals surface area (Å²) < 4.78 is 5.08. The third-order valence-electron chi connectivity index (χ3n) is 2.32. The molecule has 0 amide bonds.